The Morgan fingerprint density at radius 1 is 1.13 bits per heavy atom. The number of benzene rings is 1. The third-order valence-electron chi connectivity index (χ3n) is 6.74. The topological polar surface area (TPSA) is 69.3 Å². The van der Waals surface area contributed by atoms with Crippen LogP contribution < -0.4 is 5.56 Å². The number of aromatic nitrogens is 2. The summed E-state index contributed by atoms with van der Waals surface area (Å²) in [5.41, 5.74) is 4.23. The van der Waals surface area contributed by atoms with E-state index in [1.165, 1.54) is 16.9 Å². The van der Waals surface area contributed by atoms with Crippen LogP contribution in [0.2, 0.25) is 0 Å². The summed E-state index contributed by atoms with van der Waals surface area (Å²) >= 11 is 1.69. The Labute approximate surface area is 185 Å². The van der Waals surface area contributed by atoms with Crippen LogP contribution in [0.25, 0.3) is 10.2 Å². The van der Waals surface area contributed by atoms with Gasteiger partial charge in [-0.2, -0.15) is 0 Å². The van der Waals surface area contributed by atoms with Gasteiger partial charge in [0.25, 0.3) is 11.5 Å². The second-order valence-corrected chi connectivity index (χ2v) is 9.80. The van der Waals surface area contributed by atoms with Gasteiger partial charge in [0.1, 0.15) is 10.7 Å². The van der Waals surface area contributed by atoms with Crippen molar-refractivity contribution in [2.24, 2.45) is 0 Å². The Kier molecular flexibility index (Phi) is 5.40. The number of aromatic amines is 1. The largest absolute Gasteiger partial charge is 0.336 e. The van der Waals surface area contributed by atoms with Gasteiger partial charge in [-0.25, -0.2) is 4.98 Å². The van der Waals surface area contributed by atoms with Crippen molar-refractivity contribution in [3.63, 3.8) is 0 Å². The summed E-state index contributed by atoms with van der Waals surface area (Å²) in [7, 11) is 0. The SMILES string of the molecule is Cc1cccc(C(=O)N2CCN(Cc3nc4sc5c(c4c(=O)[nH]3)CCCC5)CC2)c1C. The number of hydrogen-bond donors (Lipinski definition) is 1. The minimum Gasteiger partial charge on any atom is -0.336 e. The number of thiophene rings is 1. The highest BCUT2D eigenvalue weighted by Crippen LogP contribution is 2.33. The fraction of sp³-hybridized carbons (Fsp3) is 0.458. The van der Waals surface area contributed by atoms with Gasteiger partial charge >= 0.3 is 0 Å². The average molecular weight is 437 g/mol. The van der Waals surface area contributed by atoms with Crippen LogP contribution in [0.1, 0.15) is 50.6 Å². The van der Waals surface area contributed by atoms with Crippen molar-refractivity contribution in [2.45, 2.75) is 46.1 Å². The van der Waals surface area contributed by atoms with Gasteiger partial charge < -0.3 is 9.88 Å². The monoisotopic (exact) mass is 436 g/mol. The van der Waals surface area contributed by atoms with Crippen LogP contribution in [0.5, 0.6) is 0 Å². The van der Waals surface area contributed by atoms with E-state index in [0.29, 0.717) is 19.6 Å². The summed E-state index contributed by atoms with van der Waals surface area (Å²) in [5.74, 6) is 0.836. The molecule has 0 bridgehead atoms. The number of nitrogens with one attached hydrogen (secondary N) is 1. The number of aryl methyl sites for hydroxylation is 3. The number of H-pyrrole nitrogens is 1. The van der Waals surface area contributed by atoms with E-state index in [0.717, 1.165) is 65.1 Å². The van der Waals surface area contributed by atoms with Crippen LogP contribution in [0.4, 0.5) is 0 Å². The number of piperazine rings is 1. The third-order valence-corrected chi connectivity index (χ3v) is 7.93. The minimum atomic E-state index is 0.00290. The van der Waals surface area contributed by atoms with Crippen LogP contribution in [0, 0.1) is 13.8 Å². The Bertz CT molecular complexity index is 1200. The van der Waals surface area contributed by atoms with E-state index in [1.54, 1.807) is 11.3 Å². The highest BCUT2D eigenvalue weighted by atomic mass is 32.1. The van der Waals surface area contributed by atoms with E-state index >= 15 is 0 Å². The number of rotatable bonds is 3. The Balaban J connectivity index is 1.27. The van der Waals surface area contributed by atoms with Gasteiger partial charge in [-0.05, 0) is 62.3 Å². The zero-order valence-corrected chi connectivity index (χ0v) is 19.0. The smallest absolute Gasteiger partial charge is 0.259 e. The van der Waals surface area contributed by atoms with Crippen molar-refractivity contribution < 1.29 is 4.79 Å². The summed E-state index contributed by atoms with van der Waals surface area (Å²) in [6, 6.07) is 5.91. The van der Waals surface area contributed by atoms with Crippen LogP contribution in [0.3, 0.4) is 0 Å². The molecule has 2 aliphatic rings. The first-order valence-corrected chi connectivity index (χ1v) is 11.9. The van der Waals surface area contributed by atoms with Crippen LogP contribution >= 0.6 is 11.3 Å². The summed E-state index contributed by atoms with van der Waals surface area (Å²) in [4.78, 5) is 40.0. The Hall–Kier alpha value is -2.51. The standard InChI is InChI=1S/C24H28N4O2S/c1-15-6-5-8-17(16(15)2)24(30)28-12-10-27(11-13-28)14-20-25-22(29)21-18-7-3-4-9-19(18)31-23(21)26-20/h5-6,8H,3-4,7,9-14H2,1-2H3,(H,25,26,29). The molecule has 1 aliphatic heterocycles. The zero-order valence-electron chi connectivity index (χ0n) is 18.2. The number of nitrogens with zero attached hydrogens (tertiary/aromatic N) is 3. The van der Waals surface area contributed by atoms with Gasteiger partial charge in [-0.3, -0.25) is 14.5 Å². The molecule has 0 atom stereocenters. The normalized spacial score (nSPS) is 17.2. The summed E-state index contributed by atoms with van der Waals surface area (Å²) in [6.07, 6.45) is 4.43. The predicted octanol–water partition coefficient (Wildman–Crippen LogP) is 3.44. The molecule has 0 radical (unpaired) electrons. The molecular weight excluding hydrogens is 408 g/mol. The summed E-state index contributed by atoms with van der Waals surface area (Å²) < 4.78 is 0. The van der Waals surface area contributed by atoms with Crippen molar-refractivity contribution in [3.8, 4) is 0 Å². The molecule has 5 rings (SSSR count). The molecule has 3 aromatic rings. The lowest BCUT2D eigenvalue weighted by Crippen LogP contribution is -2.48. The lowest BCUT2D eigenvalue weighted by atomic mass is 9.97. The fourth-order valence-electron chi connectivity index (χ4n) is 4.76. The van der Waals surface area contributed by atoms with E-state index in [2.05, 4.69) is 9.88 Å². The van der Waals surface area contributed by atoms with Crippen molar-refractivity contribution in [1.82, 2.24) is 19.8 Å². The van der Waals surface area contributed by atoms with Gasteiger partial charge in [0.05, 0.1) is 11.9 Å². The van der Waals surface area contributed by atoms with Crippen molar-refractivity contribution >= 4 is 27.5 Å². The lowest BCUT2D eigenvalue weighted by molar-refractivity contribution is 0.0624. The number of hydrogen-bond acceptors (Lipinski definition) is 5. The molecule has 2 aromatic heterocycles. The van der Waals surface area contributed by atoms with Gasteiger partial charge in [0.15, 0.2) is 0 Å². The van der Waals surface area contributed by atoms with Crippen molar-refractivity contribution in [1.29, 1.82) is 0 Å². The zero-order chi connectivity index (χ0) is 21.5. The number of amides is 1. The van der Waals surface area contributed by atoms with Crippen LogP contribution in [-0.2, 0) is 19.4 Å². The third kappa shape index (κ3) is 3.81. The molecule has 6 nitrogen and oxygen atoms in total. The predicted molar refractivity (Wildman–Crippen MR) is 124 cm³/mol. The highest BCUT2D eigenvalue weighted by Gasteiger charge is 2.25. The molecule has 1 fully saturated rings. The molecule has 31 heavy (non-hydrogen) atoms. The first kappa shape index (κ1) is 20.4. The molecule has 0 saturated carbocycles. The van der Waals surface area contributed by atoms with Gasteiger partial charge in [-0.1, -0.05) is 12.1 Å². The Morgan fingerprint density at radius 2 is 1.90 bits per heavy atom. The van der Waals surface area contributed by atoms with E-state index in [1.807, 2.05) is 36.9 Å². The Morgan fingerprint density at radius 3 is 2.71 bits per heavy atom. The van der Waals surface area contributed by atoms with Crippen molar-refractivity contribution in [2.75, 3.05) is 26.2 Å². The fourth-order valence-corrected chi connectivity index (χ4v) is 6.04. The molecule has 1 saturated heterocycles. The second kappa shape index (κ2) is 8.20. The quantitative estimate of drug-likeness (QED) is 0.683. The van der Waals surface area contributed by atoms with E-state index in [9.17, 15) is 9.59 Å². The first-order chi connectivity index (χ1) is 15.0. The molecule has 0 unspecified atom stereocenters. The lowest BCUT2D eigenvalue weighted by Gasteiger charge is -2.34. The number of carbonyl (C=O) groups excluding carboxylic acids is 1. The van der Waals surface area contributed by atoms with E-state index < -0.39 is 0 Å². The van der Waals surface area contributed by atoms with Crippen LogP contribution in [-0.4, -0.2) is 51.9 Å². The molecule has 0 spiro atoms. The molecule has 1 aromatic carbocycles. The summed E-state index contributed by atoms with van der Waals surface area (Å²) in [5, 5.41) is 0.812. The maximum Gasteiger partial charge on any atom is 0.259 e. The maximum absolute atomic E-state index is 13.0. The van der Waals surface area contributed by atoms with Gasteiger partial charge in [-0.15, -0.1) is 11.3 Å². The molecule has 7 heteroatoms. The molecular formula is C24H28N4O2S. The van der Waals surface area contributed by atoms with Crippen molar-refractivity contribution in [3.05, 3.63) is 61.5 Å². The number of fused-ring (bicyclic) bond motifs is 3. The first-order valence-electron chi connectivity index (χ1n) is 11.1. The van der Waals surface area contributed by atoms with Gasteiger partial charge in [0, 0.05) is 36.6 Å². The average Bonchev–Trinajstić information content (AvgIpc) is 3.14. The summed E-state index contributed by atoms with van der Waals surface area (Å²) in [6.45, 7) is 7.59. The van der Waals surface area contributed by atoms with E-state index in [4.69, 9.17) is 4.98 Å². The molecule has 1 N–H and O–H groups in total. The van der Waals surface area contributed by atoms with Gasteiger partial charge in [0.2, 0.25) is 0 Å². The number of carbonyl (C=O) groups is 1. The molecule has 3 heterocycles. The minimum absolute atomic E-state index is 0.00290. The molecule has 1 amide bonds. The van der Waals surface area contributed by atoms with Crippen LogP contribution in [0.15, 0.2) is 23.0 Å². The second-order valence-electron chi connectivity index (χ2n) is 8.72. The molecule has 162 valence electrons. The molecule has 1 aliphatic carbocycles. The highest BCUT2D eigenvalue weighted by molar-refractivity contribution is 7.18. The maximum atomic E-state index is 13.0. The van der Waals surface area contributed by atoms with E-state index in [-0.39, 0.29) is 11.5 Å².